The SMILES string of the molecule is N#C/C(=C\c1ccc(-c2cccc([N+](=O)[O-])c2)o1)C(=O)Nc1cc2c(cc1[N+](=O)[O-])OCCO2. The minimum absolute atomic E-state index is 0.121. The summed E-state index contributed by atoms with van der Waals surface area (Å²) in [6.45, 7) is 0.478. The number of carbonyl (C=O) groups is 1. The van der Waals surface area contributed by atoms with Crippen LogP contribution in [0.25, 0.3) is 17.4 Å². The van der Waals surface area contributed by atoms with E-state index in [0.29, 0.717) is 5.56 Å². The Labute approximate surface area is 190 Å². The van der Waals surface area contributed by atoms with E-state index in [1.54, 1.807) is 12.1 Å². The molecule has 0 unspecified atom stereocenters. The second kappa shape index (κ2) is 9.13. The lowest BCUT2D eigenvalue weighted by atomic mass is 10.1. The van der Waals surface area contributed by atoms with Crippen LogP contribution in [-0.2, 0) is 4.79 Å². The molecule has 2 heterocycles. The molecule has 0 bridgehead atoms. The van der Waals surface area contributed by atoms with Crippen molar-refractivity contribution in [1.82, 2.24) is 0 Å². The molecule has 1 aliphatic rings. The summed E-state index contributed by atoms with van der Waals surface area (Å²) < 4.78 is 16.3. The number of carbonyl (C=O) groups excluding carboxylic acids is 1. The molecule has 0 fully saturated rings. The van der Waals surface area contributed by atoms with Crippen LogP contribution in [-0.4, -0.2) is 29.0 Å². The van der Waals surface area contributed by atoms with E-state index >= 15 is 0 Å². The third-order valence-electron chi connectivity index (χ3n) is 4.73. The fourth-order valence-corrected chi connectivity index (χ4v) is 3.17. The van der Waals surface area contributed by atoms with Gasteiger partial charge in [0.2, 0.25) is 0 Å². The van der Waals surface area contributed by atoms with Gasteiger partial charge in [0.25, 0.3) is 17.3 Å². The van der Waals surface area contributed by atoms with E-state index in [9.17, 15) is 30.3 Å². The quantitative estimate of drug-likeness (QED) is 0.245. The van der Waals surface area contributed by atoms with E-state index in [0.717, 1.165) is 12.1 Å². The van der Waals surface area contributed by atoms with Gasteiger partial charge in [0, 0.05) is 29.8 Å². The van der Waals surface area contributed by atoms with Crippen molar-refractivity contribution in [2.45, 2.75) is 0 Å². The highest BCUT2D eigenvalue weighted by Gasteiger charge is 2.24. The van der Waals surface area contributed by atoms with Crippen molar-refractivity contribution >= 4 is 29.0 Å². The first kappa shape index (κ1) is 22.0. The van der Waals surface area contributed by atoms with Crippen molar-refractivity contribution in [2.24, 2.45) is 0 Å². The number of nitrogens with zero attached hydrogens (tertiary/aromatic N) is 3. The standard InChI is InChI=1S/C22H14N4O8/c23-12-14(9-16-4-5-19(34-16)13-2-1-3-15(8-13)25(28)29)22(27)24-17-10-20-21(33-7-6-32-20)11-18(17)26(30)31/h1-5,8-11H,6-7H2,(H,24,27)/b14-9+. The molecule has 2 aromatic carbocycles. The Morgan fingerprint density at radius 3 is 2.44 bits per heavy atom. The van der Waals surface area contributed by atoms with Crippen LogP contribution in [0.3, 0.4) is 0 Å². The molecule has 1 N–H and O–H groups in total. The number of furan rings is 1. The van der Waals surface area contributed by atoms with Gasteiger partial charge in [0.05, 0.1) is 15.9 Å². The monoisotopic (exact) mass is 462 g/mol. The number of amides is 1. The zero-order valence-corrected chi connectivity index (χ0v) is 17.2. The molecule has 1 aromatic heterocycles. The fourth-order valence-electron chi connectivity index (χ4n) is 3.17. The van der Waals surface area contributed by atoms with Gasteiger partial charge in [0.1, 0.15) is 42.1 Å². The Hall–Kier alpha value is -5.18. The zero-order valence-electron chi connectivity index (χ0n) is 17.2. The van der Waals surface area contributed by atoms with E-state index < -0.39 is 21.4 Å². The first-order valence-electron chi connectivity index (χ1n) is 9.71. The second-order valence-electron chi connectivity index (χ2n) is 6.90. The number of nitro benzene ring substituents is 2. The number of hydrogen-bond acceptors (Lipinski definition) is 9. The first-order chi connectivity index (χ1) is 16.4. The lowest BCUT2D eigenvalue weighted by Gasteiger charge is -2.19. The Balaban J connectivity index is 1.59. The molecule has 0 spiro atoms. The largest absolute Gasteiger partial charge is 0.486 e. The predicted molar refractivity (Wildman–Crippen MR) is 117 cm³/mol. The molecule has 170 valence electrons. The number of nitrogens with one attached hydrogen (secondary N) is 1. The number of benzene rings is 2. The molecule has 12 heteroatoms. The van der Waals surface area contributed by atoms with Crippen LogP contribution >= 0.6 is 0 Å². The van der Waals surface area contributed by atoms with Crippen LogP contribution < -0.4 is 14.8 Å². The van der Waals surface area contributed by atoms with E-state index in [2.05, 4.69) is 5.32 Å². The van der Waals surface area contributed by atoms with Crippen LogP contribution in [0.1, 0.15) is 5.76 Å². The van der Waals surface area contributed by atoms with Gasteiger partial charge in [-0.3, -0.25) is 25.0 Å². The minimum atomic E-state index is -0.907. The first-order valence-corrected chi connectivity index (χ1v) is 9.71. The van der Waals surface area contributed by atoms with Gasteiger partial charge >= 0.3 is 0 Å². The van der Waals surface area contributed by atoms with Gasteiger partial charge in [-0.25, -0.2) is 0 Å². The summed E-state index contributed by atoms with van der Waals surface area (Å²) in [7, 11) is 0. The molecule has 1 amide bonds. The van der Waals surface area contributed by atoms with E-state index in [4.69, 9.17) is 13.9 Å². The number of hydrogen-bond donors (Lipinski definition) is 1. The molecule has 0 saturated heterocycles. The summed E-state index contributed by atoms with van der Waals surface area (Å²) in [6.07, 6.45) is 1.15. The number of rotatable bonds is 6. The molecule has 0 atom stereocenters. The molecule has 34 heavy (non-hydrogen) atoms. The summed E-state index contributed by atoms with van der Waals surface area (Å²) in [4.78, 5) is 33.9. The summed E-state index contributed by atoms with van der Waals surface area (Å²) in [5.74, 6) is -0.0888. The summed E-state index contributed by atoms with van der Waals surface area (Å²) in [5, 5.41) is 34.2. The second-order valence-corrected chi connectivity index (χ2v) is 6.90. The van der Waals surface area contributed by atoms with Crippen molar-refractivity contribution in [1.29, 1.82) is 5.26 Å². The summed E-state index contributed by atoms with van der Waals surface area (Å²) >= 11 is 0. The van der Waals surface area contributed by atoms with Crippen LogP contribution in [0.15, 0.2) is 58.5 Å². The molecule has 0 aliphatic carbocycles. The number of nitro groups is 2. The van der Waals surface area contributed by atoms with E-state index in [1.807, 2.05) is 0 Å². The molecular weight excluding hydrogens is 448 g/mol. The van der Waals surface area contributed by atoms with Gasteiger partial charge in [-0.15, -0.1) is 0 Å². The van der Waals surface area contributed by atoms with Gasteiger partial charge in [-0.2, -0.15) is 5.26 Å². The number of non-ortho nitro benzene ring substituents is 1. The Kier molecular flexibility index (Phi) is 5.91. The van der Waals surface area contributed by atoms with Crippen molar-refractivity contribution in [3.05, 3.63) is 80.1 Å². The highest BCUT2D eigenvalue weighted by Crippen LogP contribution is 2.39. The smallest absolute Gasteiger partial charge is 0.296 e. The number of anilines is 1. The Bertz CT molecular complexity index is 1390. The van der Waals surface area contributed by atoms with Crippen molar-refractivity contribution in [3.8, 4) is 28.9 Å². The molecule has 0 radical (unpaired) electrons. The average molecular weight is 462 g/mol. The van der Waals surface area contributed by atoms with E-state index in [1.165, 1.54) is 36.4 Å². The van der Waals surface area contributed by atoms with Crippen molar-refractivity contribution in [3.63, 3.8) is 0 Å². The molecule has 1 aliphatic heterocycles. The normalized spacial score (nSPS) is 12.5. The maximum absolute atomic E-state index is 12.7. The zero-order chi connectivity index (χ0) is 24.2. The fraction of sp³-hybridized carbons (Fsp3) is 0.0909. The van der Waals surface area contributed by atoms with Crippen LogP contribution in [0.4, 0.5) is 17.1 Å². The van der Waals surface area contributed by atoms with Gasteiger partial charge < -0.3 is 19.2 Å². The minimum Gasteiger partial charge on any atom is -0.486 e. The lowest BCUT2D eigenvalue weighted by Crippen LogP contribution is -2.18. The molecule has 12 nitrogen and oxygen atoms in total. The highest BCUT2D eigenvalue weighted by molar-refractivity contribution is 6.10. The van der Waals surface area contributed by atoms with E-state index in [-0.39, 0.29) is 53.2 Å². The number of nitriles is 1. The third-order valence-corrected chi connectivity index (χ3v) is 4.73. The maximum Gasteiger partial charge on any atom is 0.296 e. The average Bonchev–Trinajstić information content (AvgIpc) is 3.30. The topological polar surface area (TPSA) is 171 Å². The van der Waals surface area contributed by atoms with Crippen molar-refractivity contribution in [2.75, 3.05) is 18.5 Å². The van der Waals surface area contributed by atoms with Crippen molar-refractivity contribution < 1.29 is 28.5 Å². The van der Waals surface area contributed by atoms with Gasteiger partial charge in [-0.1, -0.05) is 12.1 Å². The molecular formula is C22H14N4O8. The Morgan fingerprint density at radius 2 is 1.76 bits per heavy atom. The number of fused-ring (bicyclic) bond motifs is 1. The highest BCUT2D eigenvalue weighted by atomic mass is 16.6. The van der Waals surface area contributed by atoms with Crippen LogP contribution in [0.2, 0.25) is 0 Å². The van der Waals surface area contributed by atoms with Crippen LogP contribution in [0, 0.1) is 31.6 Å². The summed E-state index contributed by atoms with van der Waals surface area (Å²) in [6, 6.07) is 12.9. The molecule has 3 aromatic rings. The molecule has 4 rings (SSSR count). The summed E-state index contributed by atoms with van der Waals surface area (Å²) in [5.41, 5.74) is -0.671. The Morgan fingerprint density at radius 1 is 1.03 bits per heavy atom. The van der Waals surface area contributed by atoms with Crippen LogP contribution in [0.5, 0.6) is 11.5 Å². The number of ether oxygens (including phenoxy) is 2. The molecule has 0 saturated carbocycles. The van der Waals surface area contributed by atoms with Gasteiger partial charge in [-0.05, 0) is 12.1 Å². The van der Waals surface area contributed by atoms with Gasteiger partial charge in [0.15, 0.2) is 11.5 Å². The predicted octanol–water partition coefficient (Wildman–Crippen LogP) is 4.08. The third kappa shape index (κ3) is 4.53. The lowest BCUT2D eigenvalue weighted by molar-refractivity contribution is -0.384. The maximum atomic E-state index is 12.7.